The molecule has 0 aromatic heterocycles. The number of carbonyl (C=O) groups is 2. The van der Waals surface area contributed by atoms with Crippen molar-refractivity contribution in [1.29, 1.82) is 0 Å². The maximum absolute atomic E-state index is 12.8. The predicted octanol–water partition coefficient (Wildman–Crippen LogP) is 2.46. The number of amides is 2. The molecule has 6 nitrogen and oxygen atoms in total. The lowest BCUT2D eigenvalue weighted by atomic mass is 9.83. The number of nitrogens with one attached hydrogen (secondary N) is 3. The van der Waals surface area contributed by atoms with E-state index in [1.165, 1.54) is 32.1 Å². The van der Waals surface area contributed by atoms with Crippen LogP contribution in [0.25, 0.3) is 0 Å². The summed E-state index contributed by atoms with van der Waals surface area (Å²) in [5.74, 6) is 0.672. The van der Waals surface area contributed by atoms with E-state index in [1.807, 2.05) is 0 Å². The van der Waals surface area contributed by atoms with Gasteiger partial charge in [-0.1, -0.05) is 46.0 Å². The van der Waals surface area contributed by atoms with Gasteiger partial charge in [-0.15, -0.1) is 0 Å². The molecule has 2 rings (SSSR count). The molecule has 2 saturated carbocycles. The molecule has 0 saturated heterocycles. The summed E-state index contributed by atoms with van der Waals surface area (Å²) in [5, 5.41) is 10.0. The molecule has 0 aliphatic heterocycles. The minimum atomic E-state index is -0.250. The largest absolute Gasteiger partial charge is 0.368 e. The first-order valence-electron chi connectivity index (χ1n) is 11.5. The van der Waals surface area contributed by atoms with E-state index in [4.69, 9.17) is 5.73 Å². The normalized spacial score (nSPS) is 22.1. The first-order valence-corrected chi connectivity index (χ1v) is 11.5. The summed E-state index contributed by atoms with van der Waals surface area (Å²) in [5.41, 5.74) is 5.67. The van der Waals surface area contributed by atoms with E-state index < -0.39 is 0 Å². The van der Waals surface area contributed by atoms with Gasteiger partial charge in [-0.25, -0.2) is 0 Å². The van der Waals surface area contributed by atoms with Crippen LogP contribution >= 0.6 is 0 Å². The van der Waals surface area contributed by atoms with Crippen molar-refractivity contribution in [1.82, 2.24) is 16.0 Å². The average molecular weight is 395 g/mol. The maximum Gasteiger partial charge on any atom is 0.237 e. The van der Waals surface area contributed by atoms with Gasteiger partial charge >= 0.3 is 0 Å². The van der Waals surface area contributed by atoms with Gasteiger partial charge in [-0.2, -0.15) is 0 Å². The van der Waals surface area contributed by atoms with Gasteiger partial charge in [0.05, 0.1) is 12.1 Å². The molecule has 6 heteroatoms. The fraction of sp³-hybridized carbons (Fsp3) is 0.909. The standard InChI is InChI=1S/C22H42N4O2/c1-15(2)25-20(18-11-7-8-12-18)22(28)24-14-13-16(3)26-19(21(23)27)17-9-5-4-6-10-17/h15-20,25-26H,4-14H2,1-3H3,(H2,23,27)(H,24,28)/t16?,19-,20-/m1/s1. The topological polar surface area (TPSA) is 96.2 Å². The van der Waals surface area contributed by atoms with Gasteiger partial charge in [0.2, 0.25) is 11.8 Å². The van der Waals surface area contributed by atoms with Crippen LogP contribution in [0.2, 0.25) is 0 Å². The van der Waals surface area contributed by atoms with E-state index in [2.05, 4.69) is 36.7 Å². The van der Waals surface area contributed by atoms with Crippen LogP contribution in [0.15, 0.2) is 0 Å². The van der Waals surface area contributed by atoms with Crippen LogP contribution in [-0.2, 0) is 9.59 Å². The maximum atomic E-state index is 12.8. The first kappa shape index (κ1) is 23.1. The van der Waals surface area contributed by atoms with Crippen molar-refractivity contribution in [2.75, 3.05) is 6.54 Å². The highest BCUT2D eigenvalue weighted by Gasteiger charge is 2.31. The first-order chi connectivity index (χ1) is 13.4. The molecule has 162 valence electrons. The van der Waals surface area contributed by atoms with Crippen molar-refractivity contribution in [3.63, 3.8) is 0 Å². The smallest absolute Gasteiger partial charge is 0.237 e. The molecule has 0 heterocycles. The SMILES string of the molecule is CC(C)N[C@@H](C(=O)NCCC(C)N[C@@H](C(N)=O)C1CCCCC1)C1CCCC1. The van der Waals surface area contributed by atoms with Gasteiger partial charge in [-0.05, 0) is 50.9 Å². The molecule has 1 unspecified atom stereocenters. The van der Waals surface area contributed by atoms with Crippen molar-refractivity contribution in [2.45, 2.75) is 109 Å². The lowest BCUT2D eigenvalue weighted by Crippen LogP contribution is -2.52. The van der Waals surface area contributed by atoms with Gasteiger partial charge in [0, 0.05) is 18.6 Å². The Bertz CT molecular complexity index is 485. The van der Waals surface area contributed by atoms with E-state index in [-0.39, 0.29) is 29.9 Å². The van der Waals surface area contributed by atoms with Crippen LogP contribution in [-0.4, -0.2) is 42.5 Å². The Morgan fingerprint density at radius 3 is 1.93 bits per heavy atom. The Morgan fingerprint density at radius 1 is 0.857 bits per heavy atom. The van der Waals surface area contributed by atoms with Crippen molar-refractivity contribution < 1.29 is 9.59 Å². The fourth-order valence-corrected chi connectivity index (χ4v) is 4.91. The second-order valence-corrected chi connectivity index (χ2v) is 9.27. The summed E-state index contributed by atoms with van der Waals surface area (Å²) in [4.78, 5) is 24.7. The number of primary amides is 1. The third-order valence-electron chi connectivity index (χ3n) is 6.44. The van der Waals surface area contributed by atoms with Crippen LogP contribution in [0.1, 0.15) is 85.0 Å². The van der Waals surface area contributed by atoms with Crippen LogP contribution in [0, 0.1) is 11.8 Å². The summed E-state index contributed by atoms with van der Waals surface area (Å²) >= 11 is 0. The molecule has 0 radical (unpaired) electrons. The zero-order valence-corrected chi connectivity index (χ0v) is 18.1. The lowest BCUT2D eigenvalue weighted by Gasteiger charge is -2.31. The zero-order chi connectivity index (χ0) is 20.5. The second kappa shape index (κ2) is 11.8. The number of hydrogen-bond donors (Lipinski definition) is 4. The van der Waals surface area contributed by atoms with Gasteiger partial charge < -0.3 is 21.7 Å². The van der Waals surface area contributed by atoms with Crippen molar-refractivity contribution in [3.05, 3.63) is 0 Å². The van der Waals surface area contributed by atoms with Gasteiger partial charge in [-0.3, -0.25) is 9.59 Å². The molecule has 0 spiro atoms. The minimum absolute atomic E-state index is 0.0913. The molecule has 28 heavy (non-hydrogen) atoms. The molecule has 0 aromatic carbocycles. The highest BCUT2D eigenvalue weighted by Crippen LogP contribution is 2.28. The second-order valence-electron chi connectivity index (χ2n) is 9.27. The molecule has 0 bridgehead atoms. The Kier molecular flexibility index (Phi) is 9.72. The van der Waals surface area contributed by atoms with Crippen LogP contribution in [0.4, 0.5) is 0 Å². The summed E-state index contributed by atoms with van der Waals surface area (Å²) in [6.07, 6.45) is 11.3. The molecule has 2 aliphatic carbocycles. The van der Waals surface area contributed by atoms with Gasteiger partial charge in [0.1, 0.15) is 0 Å². The van der Waals surface area contributed by atoms with Crippen molar-refractivity contribution >= 4 is 11.8 Å². The summed E-state index contributed by atoms with van der Waals surface area (Å²) in [6.45, 7) is 6.88. The summed E-state index contributed by atoms with van der Waals surface area (Å²) in [7, 11) is 0. The molecule has 0 aromatic rings. The lowest BCUT2D eigenvalue weighted by molar-refractivity contribution is -0.125. The fourth-order valence-electron chi connectivity index (χ4n) is 4.91. The highest BCUT2D eigenvalue weighted by atomic mass is 16.2. The molecule has 2 amide bonds. The highest BCUT2D eigenvalue weighted by molar-refractivity contribution is 5.82. The van der Waals surface area contributed by atoms with E-state index in [0.29, 0.717) is 24.4 Å². The van der Waals surface area contributed by atoms with Crippen molar-refractivity contribution in [3.8, 4) is 0 Å². The molecule has 3 atom stereocenters. The zero-order valence-electron chi connectivity index (χ0n) is 18.1. The van der Waals surface area contributed by atoms with E-state index in [1.54, 1.807) is 0 Å². The monoisotopic (exact) mass is 394 g/mol. The van der Waals surface area contributed by atoms with Crippen molar-refractivity contribution in [2.24, 2.45) is 17.6 Å². The van der Waals surface area contributed by atoms with Crippen LogP contribution in [0.3, 0.4) is 0 Å². The van der Waals surface area contributed by atoms with E-state index >= 15 is 0 Å². The predicted molar refractivity (Wildman–Crippen MR) is 114 cm³/mol. The summed E-state index contributed by atoms with van der Waals surface area (Å²) < 4.78 is 0. The third kappa shape index (κ3) is 7.36. The van der Waals surface area contributed by atoms with Crippen LogP contribution in [0.5, 0.6) is 0 Å². The molecule has 2 aliphatic rings. The quantitative estimate of drug-likeness (QED) is 0.433. The Labute approximate surface area is 171 Å². The Hall–Kier alpha value is -1.14. The van der Waals surface area contributed by atoms with E-state index in [0.717, 1.165) is 32.1 Å². The molecular formula is C22H42N4O2. The number of hydrogen-bond acceptors (Lipinski definition) is 4. The number of nitrogens with two attached hydrogens (primary N) is 1. The third-order valence-corrected chi connectivity index (χ3v) is 6.44. The van der Waals surface area contributed by atoms with Gasteiger partial charge in [0.25, 0.3) is 0 Å². The minimum Gasteiger partial charge on any atom is -0.368 e. The summed E-state index contributed by atoms with van der Waals surface area (Å²) in [6, 6.07) is 0.0951. The van der Waals surface area contributed by atoms with Crippen LogP contribution < -0.4 is 21.7 Å². The average Bonchev–Trinajstić information content (AvgIpc) is 3.18. The van der Waals surface area contributed by atoms with Gasteiger partial charge in [0.15, 0.2) is 0 Å². The molecule has 5 N–H and O–H groups in total. The Morgan fingerprint density at radius 2 is 1.39 bits per heavy atom. The molecule has 2 fully saturated rings. The molecular weight excluding hydrogens is 352 g/mol. The Balaban J connectivity index is 1.77. The number of rotatable bonds is 11. The van der Waals surface area contributed by atoms with E-state index in [9.17, 15) is 9.59 Å². The number of carbonyl (C=O) groups excluding carboxylic acids is 2.